The van der Waals surface area contributed by atoms with Gasteiger partial charge in [-0.1, -0.05) is 0 Å². The van der Waals surface area contributed by atoms with Gasteiger partial charge in [0, 0.05) is 25.8 Å². The standard InChI is InChI=1S/C11H17NO4/c1-16-8-9-4-2-3-7-12(9)10(13)5-6-11(14)15/h5-6,9H,2-4,7-8H2,1H3,(H,14,15)/b6-5+/t9-/m1/s1. The largest absolute Gasteiger partial charge is 0.478 e. The topological polar surface area (TPSA) is 66.8 Å². The van der Waals surface area contributed by atoms with Crippen LogP contribution in [0.2, 0.25) is 0 Å². The molecule has 1 atom stereocenters. The Balaban J connectivity index is 2.60. The predicted molar refractivity (Wildman–Crippen MR) is 58.0 cm³/mol. The van der Waals surface area contributed by atoms with Gasteiger partial charge in [0.15, 0.2) is 0 Å². The fourth-order valence-corrected chi connectivity index (χ4v) is 1.89. The van der Waals surface area contributed by atoms with Crippen molar-refractivity contribution in [3.63, 3.8) is 0 Å². The van der Waals surface area contributed by atoms with Gasteiger partial charge >= 0.3 is 5.97 Å². The molecule has 5 nitrogen and oxygen atoms in total. The average Bonchev–Trinajstić information content (AvgIpc) is 2.27. The van der Waals surface area contributed by atoms with E-state index >= 15 is 0 Å². The summed E-state index contributed by atoms with van der Waals surface area (Å²) in [6, 6.07) is 0.0738. The summed E-state index contributed by atoms with van der Waals surface area (Å²) in [5.41, 5.74) is 0. The molecule has 0 saturated carbocycles. The van der Waals surface area contributed by atoms with E-state index in [0.717, 1.165) is 31.4 Å². The fraction of sp³-hybridized carbons (Fsp3) is 0.636. The van der Waals surface area contributed by atoms with Gasteiger partial charge in [0.2, 0.25) is 5.91 Å². The maximum Gasteiger partial charge on any atom is 0.328 e. The molecular formula is C11H17NO4. The normalized spacial score (nSPS) is 21.3. The van der Waals surface area contributed by atoms with Gasteiger partial charge in [0.1, 0.15) is 0 Å². The number of nitrogens with zero attached hydrogens (tertiary/aromatic N) is 1. The molecule has 0 aromatic carbocycles. The number of carbonyl (C=O) groups is 2. The molecule has 1 amide bonds. The minimum atomic E-state index is -1.10. The van der Waals surface area contributed by atoms with Gasteiger partial charge in [-0.25, -0.2) is 4.79 Å². The van der Waals surface area contributed by atoms with Gasteiger partial charge in [-0.15, -0.1) is 0 Å². The molecule has 1 heterocycles. The van der Waals surface area contributed by atoms with Crippen molar-refractivity contribution in [3.05, 3.63) is 12.2 Å². The Bertz CT molecular complexity index is 286. The quantitative estimate of drug-likeness (QED) is 0.716. The molecule has 1 aliphatic rings. The van der Waals surface area contributed by atoms with Crippen LogP contribution in [0, 0.1) is 0 Å². The van der Waals surface area contributed by atoms with Gasteiger partial charge in [0.05, 0.1) is 12.6 Å². The van der Waals surface area contributed by atoms with Crippen LogP contribution in [-0.4, -0.2) is 48.2 Å². The number of carboxylic acids is 1. The van der Waals surface area contributed by atoms with E-state index < -0.39 is 5.97 Å². The lowest BCUT2D eigenvalue weighted by molar-refractivity contribution is -0.133. The fourth-order valence-electron chi connectivity index (χ4n) is 1.89. The third-order valence-electron chi connectivity index (χ3n) is 2.64. The molecule has 90 valence electrons. The molecule has 0 aliphatic carbocycles. The Labute approximate surface area is 94.7 Å². The summed E-state index contributed by atoms with van der Waals surface area (Å²) < 4.78 is 5.05. The maximum atomic E-state index is 11.7. The number of amides is 1. The van der Waals surface area contributed by atoms with E-state index in [4.69, 9.17) is 9.84 Å². The summed E-state index contributed by atoms with van der Waals surface area (Å²) in [6.07, 6.45) is 4.95. The van der Waals surface area contributed by atoms with Crippen LogP contribution in [0.25, 0.3) is 0 Å². The van der Waals surface area contributed by atoms with E-state index in [0.29, 0.717) is 13.2 Å². The molecule has 1 aliphatic heterocycles. The van der Waals surface area contributed by atoms with Gasteiger partial charge in [-0.3, -0.25) is 4.79 Å². The number of ether oxygens (including phenoxy) is 1. The third kappa shape index (κ3) is 3.66. The van der Waals surface area contributed by atoms with Crippen LogP contribution < -0.4 is 0 Å². The van der Waals surface area contributed by atoms with E-state index in [2.05, 4.69) is 0 Å². The number of carboxylic acid groups (broad SMARTS) is 1. The van der Waals surface area contributed by atoms with Crippen LogP contribution >= 0.6 is 0 Å². The summed E-state index contributed by atoms with van der Waals surface area (Å²) in [6.45, 7) is 1.18. The SMILES string of the molecule is COC[C@H]1CCCCN1C(=O)/C=C/C(=O)O. The van der Waals surface area contributed by atoms with Crippen LogP contribution in [-0.2, 0) is 14.3 Å². The summed E-state index contributed by atoms with van der Waals surface area (Å²) in [5.74, 6) is -1.35. The van der Waals surface area contributed by atoms with E-state index in [9.17, 15) is 9.59 Å². The molecular weight excluding hydrogens is 210 g/mol. The highest BCUT2D eigenvalue weighted by molar-refractivity contribution is 5.94. The van der Waals surface area contributed by atoms with Crippen LogP contribution in [0.3, 0.4) is 0 Å². The van der Waals surface area contributed by atoms with Crippen LogP contribution in [0.4, 0.5) is 0 Å². The molecule has 1 rings (SSSR count). The molecule has 1 saturated heterocycles. The summed E-state index contributed by atoms with van der Waals surface area (Å²) in [7, 11) is 1.60. The summed E-state index contributed by atoms with van der Waals surface area (Å²) in [4.78, 5) is 23.7. The molecule has 16 heavy (non-hydrogen) atoms. The van der Waals surface area contributed by atoms with Crippen molar-refractivity contribution in [2.75, 3.05) is 20.3 Å². The Kier molecular flexibility index (Phi) is 4.98. The molecule has 0 aromatic heterocycles. The van der Waals surface area contributed by atoms with Crippen molar-refractivity contribution in [2.24, 2.45) is 0 Å². The number of aliphatic carboxylic acids is 1. The lowest BCUT2D eigenvalue weighted by Gasteiger charge is -2.34. The Hall–Kier alpha value is -1.36. The number of likely N-dealkylation sites (tertiary alicyclic amines) is 1. The number of hydrogen-bond acceptors (Lipinski definition) is 3. The zero-order valence-corrected chi connectivity index (χ0v) is 9.39. The van der Waals surface area contributed by atoms with E-state index in [1.165, 1.54) is 0 Å². The average molecular weight is 227 g/mol. The van der Waals surface area contributed by atoms with Crippen molar-refractivity contribution >= 4 is 11.9 Å². The van der Waals surface area contributed by atoms with Crippen LogP contribution in [0.5, 0.6) is 0 Å². The maximum absolute atomic E-state index is 11.7. The first-order chi connectivity index (χ1) is 7.65. The lowest BCUT2D eigenvalue weighted by atomic mass is 10.0. The number of rotatable bonds is 4. The van der Waals surface area contributed by atoms with E-state index in [-0.39, 0.29) is 11.9 Å². The van der Waals surface area contributed by atoms with Gasteiger partial charge < -0.3 is 14.7 Å². The minimum Gasteiger partial charge on any atom is -0.478 e. The molecule has 0 aromatic rings. The Morgan fingerprint density at radius 2 is 2.19 bits per heavy atom. The first kappa shape index (κ1) is 12.7. The zero-order valence-electron chi connectivity index (χ0n) is 9.39. The molecule has 5 heteroatoms. The number of methoxy groups -OCH3 is 1. The molecule has 0 bridgehead atoms. The second kappa shape index (κ2) is 6.27. The molecule has 1 N–H and O–H groups in total. The number of piperidine rings is 1. The van der Waals surface area contributed by atoms with Gasteiger partial charge in [-0.05, 0) is 19.3 Å². The van der Waals surface area contributed by atoms with E-state index in [1.807, 2.05) is 0 Å². The highest BCUT2D eigenvalue weighted by Crippen LogP contribution is 2.17. The molecule has 1 fully saturated rings. The van der Waals surface area contributed by atoms with Gasteiger partial charge in [-0.2, -0.15) is 0 Å². The molecule has 0 spiro atoms. The molecule has 0 radical (unpaired) electrons. The minimum absolute atomic E-state index is 0.0738. The van der Waals surface area contributed by atoms with Crippen molar-refractivity contribution in [1.29, 1.82) is 0 Å². The Morgan fingerprint density at radius 3 is 2.81 bits per heavy atom. The first-order valence-electron chi connectivity index (χ1n) is 5.35. The number of carbonyl (C=O) groups excluding carboxylic acids is 1. The predicted octanol–water partition coefficient (Wildman–Crippen LogP) is 0.655. The zero-order chi connectivity index (χ0) is 12.0. The van der Waals surface area contributed by atoms with E-state index in [1.54, 1.807) is 12.0 Å². The first-order valence-corrected chi connectivity index (χ1v) is 5.35. The molecule has 0 unspecified atom stereocenters. The van der Waals surface area contributed by atoms with Crippen molar-refractivity contribution < 1.29 is 19.4 Å². The third-order valence-corrected chi connectivity index (χ3v) is 2.64. The lowest BCUT2D eigenvalue weighted by Crippen LogP contribution is -2.45. The highest BCUT2D eigenvalue weighted by atomic mass is 16.5. The summed E-state index contributed by atoms with van der Waals surface area (Å²) >= 11 is 0. The van der Waals surface area contributed by atoms with Crippen LogP contribution in [0.15, 0.2) is 12.2 Å². The van der Waals surface area contributed by atoms with Crippen molar-refractivity contribution in [3.8, 4) is 0 Å². The van der Waals surface area contributed by atoms with Crippen molar-refractivity contribution in [1.82, 2.24) is 4.90 Å². The second-order valence-corrected chi connectivity index (χ2v) is 3.81. The number of hydrogen-bond donors (Lipinski definition) is 1. The highest BCUT2D eigenvalue weighted by Gasteiger charge is 2.25. The van der Waals surface area contributed by atoms with Crippen molar-refractivity contribution in [2.45, 2.75) is 25.3 Å². The Morgan fingerprint density at radius 1 is 1.44 bits per heavy atom. The monoisotopic (exact) mass is 227 g/mol. The smallest absolute Gasteiger partial charge is 0.328 e. The van der Waals surface area contributed by atoms with Crippen LogP contribution in [0.1, 0.15) is 19.3 Å². The second-order valence-electron chi connectivity index (χ2n) is 3.81. The van der Waals surface area contributed by atoms with Gasteiger partial charge in [0.25, 0.3) is 0 Å². The summed E-state index contributed by atoms with van der Waals surface area (Å²) in [5, 5.41) is 8.45.